The third-order valence-corrected chi connectivity index (χ3v) is 7.57. The highest BCUT2D eigenvalue weighted by Crippen LogP contribution is 2.31. The molecule has 0 amide bonds. The first-order valence-electron chi connectivity index (χ1n) is 10.6. The monoisotopic (exact) mass is 451 g/mol. The van der Waals surface area contributed by atoms with Gasteiger partial charge in [0, 0.05) is 10.9 Å². The largest absolute Gasteiger partial charge is 0.353 e. The number of sulfone groups is 1. The summed E-state index contributed by atoms with van der Waals surface area (Å²) in [5.74, 6) is 0. The maximum Gasteiger partial charge on any atom is 0.212 e. The molecule has 162 valence electrons. The molecule has 5 rings (SSSR count). The fourth-order valence-electron chi connectivity index (χ4n) is 3.97. The number of aromatic amines is 1. The number of nitrogens with one attached hydrogen (secondary N) is 1. The number of para-hydroxylation sites is 1. The number of hydrogen-bond acceptors (Lipinski definition) is 3. The number of rotatable bonds is 4. The van der Waals surface area contributed by atoms with Gasteiger partial charge in [0.25, 0.3) is 0 Å². The van der Waals surface area contributed by atoms with Crippen molar-refractivity contribution in [1.82, 2.24) is 4.98 Å². The second-order valence-corrected chi connectivity index (χ2v) is 9.85. The van der Waals surface area contributed by atoms with E-state index in [-0.39, 0.29) is 9.79 Å². The Morgan fingerprint density at radius 1 is 0.636 bits per heavy atom. The van der Waals surface area contributed by atoms with E-state index < -0.39 is 15.3 Å². The van der Waals surface area contributed by atoms with Gasteiger partial charge >= 0.3 is 0 Å². The number of fused-ring (bicyclic) bond motifs is 1. The topological polar surface area (TPSA) is 67.0 Å². The van der Waals surface area contributed by atoms with E-state index >= 15 is 0 Å². The van der Waals surface area contributed by atoms with Gasteiger partial charge in [-0.3, -0.25) is 4.79 Å². The van der Waals surface area contributed by atoms with E-state index in [1.54, 1.807) is 42.5 Å². The van der Waals surface area contributed by atoms with Gasteiger partial charge in [-0.05, 0) is 47.9 Å². The van der Waals surface area contributed by atoms with Crippen molar-refractivity contribution in [3.8, 4) is 22.4 Å². The van der Waals surface area contributed by atoms with E-state index in [0.717, 1.165) is 16.7 Å². The first kappa shape index (κ1) is 20.9. The Morgan fingerprint density at radius 2 is 1.21 bits per heavy atom. The molecule has 0 fully saturated rings. The summed E-state index contributed by atoms with van der Waals surface area (Å²) in [5, 5.41) is 0.341. The first-order valence-corrected chi connectivity index (χ1v) is 12.1. The van der Waals surface area contributed by atoms with Crippen LogP contribution < -0.4 is 5.43 Å². The molecule has 0 spiro atoms. The maximum absolute atomic E-state index is 13.7. The van der Waals surface area contributed by atoms with Crippen molar-refractivity contribution in [2.75, 3.05) is 0 Å². The molecule has 33 heavy (non-hydrogen) atoms. The van der Waals surface area contributed by atoms with Crippen molar-refractivity contribution in [1.29, 1.82) is 0 Å². The highest BCUT2D eigenvalue weighted by Gasteiger charge is 2.27. The van der Waals surface area contributed by atoms with E-state index in [9.17, 15) is 13.2 Å². The van der Waals surface area contributed by atoms with Gasteiger partial charge in [0.05, 0.1) is 10.6 Å². The smallest absolute Gasteiger partial charge is 0.212 e. The summed E-state index contributed by atoms with van der Waals surface area (Å²) in [5.41, 5.74) is 4.01. The molecule has 0 aliphatic carbocycles. The highest BCUT2D eigenvalue weighted by atomic mass is 32.2. The average Bonchev–Trinajstić information content (AvgIpc) is 2.85. The summed E-state index contributed by atoms with van der Waals surface area (Å²) < 4.78 is 27.3. The molecule has 4 nitrogen and oxygen atoms in total. The molecule has 0 unspecified atom stereocenters. The Labute approximate surface area is 192 Å². The van der Waals surface area contributed by atoms with Crippen molar-refractivity contribution < 1.29 is 8.42 Å². The maximum atomic E-state index is 13.7. The third kappa shape index (κ3) is 3.77. The number of benzene rings is 4. The van der Waals surface area contributed by atoms with Gasteiger partial charge in [-0.15, -0.1) is 0 Å². The van der Waals surface area contributed by atoms with Crippen molar-refractivity contribution in [3.05, 3.63) is 119 Å². The summed E-state index contributed by atoms with van der Waals surface area (Å²) in [7, 11) is -4.06. The van der Waals surface area contributed by atoms with E-state index in [1.807, 2.05) is 67.6 Å². The van der Waals surface area contributed by atoms with Gasteiger partial charge in [0.15, 0.2) is 0 Å². The Hall–Kier alpha value is -3.96. The standard InChI is InChI=1S/C28H21NO3S/c1-19-11-17-23(18-12-19)33(31,32)28-26(29-25-10-6-5-9-24(25)27(28)30)22-15-13-21(14-16-22)20-7-3-2-4-8-20/h2-18H,1H3,(H,29,30). The second kappa shape index (κ2) is 8.19. The van der Waals surface area contributed by atoms with Crippen LogP contribution in [0.5, 0.6) is 0 Å². The van der Waals surface area contributed by atoms with E-state index in [4.69, 9.17) is 0 Å². The molecule has 0 radical (unpaired) electrons. The molecular weight excluding hydrogens is 430 g/mol. The van der Waals surface area contributed by atoms with Gasteiger partial charge in [-0.1, -0.05) is 84.4 Å². The van der Waals surface area contributed by atoms with Crippen LogP contribution in [0.2, 0.25) is 0 Å². The summed E-state index contributed by atoms with van der Waals surface area (Å²) in [6.07, 6.45) is 0. The Kier molecular flexibility index (Phi) is 5.19. The zero-order valence-corrected chi connectivity index (χ0v) is 18.8. The number of pyridine rings is 1. The Morgan fingerprint density at radius 3 is 1.91 bits per heavy atom. The molecule has 1 aromatic heterocycles. The van der Waals surface area contributed by atoms with Crippen LogP contribution >= 0.6 is 0 Å². The van der Waals surface area contributed by atoms with Crippen LogP contribution in [0, 0.1) is 6.92 Å². The third-order valence-electron chi connectivity index (χ3n) is 5.75. The molecule has 1 heterocycles. The van der Waals surface area contributed by atoms with Crippen LogP contribution in [0.3, 0.4) is 0 Å². The lowest BCUT2D eigenvalue weighted by Gasteiger charge is -2.13. The molecule has 0 bridgehead atoms. The minimum absolute atomic E-state index is 0.0936. The fraction of sp³-hybridized carbons (Fsp3) is 0.0357. The van der Waals surface area contributed by atoms with Gasteiger partial charge < -0.3 is 4.98 Å². The molecule has 0 saturated heterocycles. The number of H-pyrrole nitrogens is 1. The predicted molar refractivity (Wildman–Crippen MR) is 132 cm³/mol. The number of aryl methyl sites for hydroxylation is 1. The van der Waals surface area contributed by atoms with Gasteiger partial charge in [0.1, 0.15) is 4.90 Å². The first-order chi connectivity index (χ1) is 15.9. The van der Waals surface area contributed by atoms with E-state index in [0.29, 0.717) is 22.2 Å². The fourth-order valence-corrected chi connectivity index (χ4v) is 5.49. The molecule has 0 aliphatic heterocycles. The van der Waals surface area contributed by atoms with Crippen LogP contribution in [0.15, 0.2) is 118 Å². The SMILES string of the molecule is Cc1ccc(S(=O)(=O)c2c(-c3ccc(-c4ccccc4)cc3)[nH]c3ccccc3c2=O)cc1. The number of hydrogen-bond donors (Lipinski definition) is 1. The van der Waals surface area contributed by atoms with Crippen LogP contribution in [-0.2, 0) is 9.84 Å². The summed E-state index contributed by atoms with van der Waals surface area (Å²) in [6, 6.07) is 31.0. The summed E-state index contributed by atoms with van der Waals surface area (Å²) in [4.78, 5) is 16.6. The Balaban J connectivity index is 1.75. The second-order valence-electron chi connectivity index (χ2n) is 7.96. The molecule has 4 aromatic carbocycles. The molecule has 0 aliphatic rings. The molecule has 0 atom stereocenters. The number of aromatic nitrogens is 1. The predicted octanol–water partition coefficient (Wildman–Crippen LogP) is 6.00. The van der Waals surface area contributed by atoms with Gasteiger partial charge in [0.2, 0.25) is 15.3 Å². The van der Waals surface area contributed by atoms with Gasteiger partial charge in [-0.2, -0.15) is 0 Å². The van der Waals surface area contributed by atoms with Crippen molar-refractivity contribution in [3.63, 3.8) is 0 Å². The van der Waals surface area contributed by atoms with Crippen molar-refractivity contribution >= 4 is 20.7 Å². The molecular formula is C28H21NO3S. The highest BCUT2D eigenvalue weighted by molar-refractivity contribution is 7.91. The lowest BCUT2D eigenvalue weighted by Crippen LogP contribution is -2.18. The van der Waals surface area contributed by atoms with Crippen molar-refractivity contribution in [2.24, 2.45) is 0 Å². The molecule has 1 N–H and O–H groups in total. The normalized spacial score (nSPS) is 11.5. The van der Waals surface area contributed by atoms with Crippen LogP contribution in [0.1, 0.15) is 5.56 Å². The lowest BCUT2D eigenvalue weighted by molar-refractivity contribution is 0.595. The quantitative estimate of drug-likeness (QED) is 0.364. The van der Waals surface area contributed by atoms with Crippen molar-refractivity contribution in [2.45, 2.75) is 16.7 Å². The molecule has 0 saturated carbocycles. The zero-order valence-electron chi connectivity index (χ0n) is 17.9. The minimum Gasteiger partial charge on any atom is -0.353 e. The minimum atomic E-state index is -4.06. The van der Waals surface area contributed by atoms with E-state index in [1.165, 1.54) is 0 Å². The van der Waals surface area contributed by atoms with Crippen LogP contribution in [0.25, 0.3) is 33.3 Å². The van der Waals surface area contributed by atoms with Crippen LogP contribution in [-0.4, -0.2) is 13.4 Å². The van der Waals surface area contributed by atoms with E-state index in [2.05, 4.69) is 4.98 Å². The molecule has 5 heteroatoms. The van der Waals surface area contributed by atoms with Crippen LogP contribution in [0.4, 0.5) is 0 Å². The summed E-state index contributed by atoms with van der Waals surface area (Å²) >= 11 is 0. The zero-order chi connectivity index (χ0) is 23.0. The summed E-state index contributed by atoms with van der Waals surface area (Å²) in [6.45, 7) is 1.89. The lowest BCUT2D eigenvalue weighted by atomic mass is 10.0. The molecule has 5 aromatic rings. The average molecular weight is 452 g/mol. The van der Waals surface area contributed by atoms with Gasteiger partial charge in [-0.25, -0.2) is 8.42 Å². The Bertz CT molecular complexity index is 1620.